The van der Waals surface area contributed by atoms with Crippen LogP contribution >= 0.6 is 0 Å². The van der Waals surface area contributed by atoms with Gasteiger partial charge in [0, 0.05) is 12.1 Å². The Morgan fingerprint density at radius 1 is 1.26 bits per heavy atom. The molecule has 2 heterocycles. The van der Waals surface area contributed by atoms with Gasteiger partial charge in [0.15, 0.2) is 18.2 Å². The lowest BCUT2D eigenvalue weighted by atomic mass is 10.0. The van der Waals surface area contributed by atoms with Gasteiger partial charge in [-0.1, -0.05) is 0 Å². The van der Waals surface area contributed by atoms with Crippen LogP contribution in [0, 0.1) is 10.1 Å². The second kappa shape index (κ2) is 9.00. The van der Waals surface area contributed by atoms with Gasteiger partial charge in [0.25, 0.3) is 11.5 Å². The fraction of sp³-hybridized carbons (Fsp3) is 0.526. The van der Waals surface area contributed by atoms with Gasteiger partial charge in [0.1, 0.15) is 12.2 Å². The van der Waals surface area contributed by atoms with E-state index < -0.39 is 52.8 Å². The number of benzene rings is 1. The van der Waals surface area contributed by atoms with E-state index in [0.29, 0.717) is 5.56 Å². The Balaban J connectivity index is 1.80. The summed E-state index contributed by atoms with van der Waals surface area (Å²) in [6.45, 7) is 4.81. The van der Waals surface area contributed by atoms with Crippen molar-refractivity contribution in [3.05, 3.63) is 45.5 Å². The van der Waals surface area contributed by atoms with Gasteiger partial charge in [-0.25, -0.2) is 4.79 Å². The van der Waals surface area contributed by atoms with Crippen molar-refractivity contribution in [1.29, 1.82) is 0 Å². The van der Waals surface area contributed by atoms with Crippen LogP contribution in [-0.2, 0) is 39.9 Å². The zero-order valence-corrected chi connectivity index (χ0v) is 17.0. The van der Waals surface area contributed by atoms with Crippen molar-refractivity contribution in [3.63, 3.8) is 0 Å². The zero-order valence-electron chi connectivity index (χ0n) is 17.0. The van der Waals surface area contributed by atoms with Gasteiger partial charge < -0.3 is 29.2 Å². The average Bonchev–Trinajstić information content (AvgIpc) is 3.19. The lowest BCUT2D eigenvalue weighted by Gasteiger charge is -2.24. The summed E-state index contributed by atoms with van der Waals surface area (Å²) in [4.78, 5) is 37.8. The summed E-state index contributed by atoms with van der Waals surface area (Å²) in [6.07, 6.45) is -4.13. The third-order valence-electron chi connectivity index (χ3n) is 4.64. The van der Waals surface area contributed by atoms with Gasteiger partial charge in [-0.2, -0.15) is 4.79 Å². The maximum atomic E-state index is 12.8. The summed E-state index contributed by atoms with van der Waals surface area (Å²) >= 11 is 0. The van der Waals surface area contributed by atoms with Crippen LogP contribution in [0.25, 0.3) is 5.53 Å². The van der Waals surface area contributed by atoms with Gasteiger partial charge in [0.05, 0.1) is 18.1 Å². The molecule has 0 radical (unpaired) electrons. The van der Waals surface area contributed by atoms with Crippen molar-refractivity contribution in [2.75, 3.05) is 6.61 Å². The normalized spacial score (nSPS) is 26.0. The molecular formula is C19H21N3O9. The predicted octanol–water partition coefficient (Wildman–Crippen LogP) is 1.16. The molecule has 2 fully saturated rings. The molecule has 2 saturated heterocycles. The van der Waals surface area contributed by atoms with Crippen molar-refractivity contribution >= 4 is 23.2 Å². The minimum absolute atomic E-state index is 0.0254. The van der Waals surface area contributed by atoms with Gasteiger partial charge >= 0.3 is 11.7 Å². The van der Waals surface area contributed by atoms with Crippen molar-refractivity contribution in [3.8, 4) is 0 Å². The first-order valence-corrected chi connectivity index (χ1v) is 9.46. The average molecular weight is 435 g/mol. The monoisotopic (exact) mass is 435 g/mol. The van der Waals surface area contributed by atoms with E-state index >= 15 is 0 Å². The molecule has 0 aromatic heterocycles. The number of ketones is 1. The number of nitro benzene ring substituents is 1. The molecule has 12 nitrogen and oxygen atoms in total. The van der Waals surface area contributed by atoms with E-state index in [1.165, 1.54) is 31.2 Å². The third-order valence-corrected chi connectivity index (χ3v) is 4.64. The van der Waals surface area contributed by atoms with Crippen LogP contribution in [-0.4, -0.2) is 64.2 Å². The first-order chi connectivity index (χ1) is 14.7. The molecule has 4 atom stereocenters. The molecule has 0 amide bonds. The quantitative estimate of drug-likeness (QED) is 0.111. The van der Waals surface area contributed by atoms with Crippen LogP contribution in [0.15, 0.2) is 24.3 Å². The van der Waals surface area contributed by atoms with E-state index in [9.17, 15) is 19.7 Å². The SMILES string of the molecule is CCOC(=O)C(=[N+]=[N-])C(=O)[C@H]1O[C@@H]2OC(C)(C)O[C@@H]2[C@H]1OCc1ccc([N+](=O)[O-])cc1. The molecular weight excluding hydrogens is 414 g/mol. The highest BCUT2D eigenvalue weighted by molar-refractivity contribution is 6.63. The molecule has 0 bridgehead atoms. The third kappa shape index (κ3) is 4.84. The summed E-state index contributed by atoms with van der Waals surface area (Å²) in [7, 11) is 0. The van der Waals surface area contributed by atoms with Crippen LogP contribution in [0.3, 0.4) is 0 Å². The maximum absolute atomic E-state index is 12.8. The minimum Gasteiger partial charge on any atom is -0.457 e. The lowest BCUT2D eigenvalue weighted by Crippen LogP contribution is -2.45. The Bertz CT molecular complexity index is 924. The van der Waals surface area contributed by atoms with Gasteiger partial charge in [-0.15, -0.1) is 0 Å². The summed E-state index contributed by atoms with van der Waals surface area (Å²) < 4.78 is 27.6. The first-order valence-electron chi connectivity index (χ1n) is 9.46. The van der Waals surface area contributed by atoms with Crippen molar-refractivity contribution in [2.45, 2.75) is 57.8 Å². The van der Waals surface area contributed by atoms with Crippen LogP contribution in [0.5, 0.6) is 0 Å². The van der Waals surface area contributed by atoms with E-state index in [1.54, 1.807) is 13.8 Å². The highest BCUT2D eigenvalue weighted by Crippen LogP contribution is 2.39. The molecule has 3 rings (SSSR count). The minimum atomic E-state index is -1.36. The number of carbonyl (C=O) groups excluding carboxylic acids is 2. The van der Waals surface area contributed by atoms with Crippen molar-refractivity contribution in [2.24, 2.45) is 0 Å². The maximum Gasteiger partial charge on any atom is 0.444 e. The fourth-order valence-corrected chi connectivity index (χ4v) is 3.30. The van der Waals surface area contributed by atoms with E-state index in [0.717, 1.165) is 0 Å². The van der Waals surface area contributed by atoms with Crippen LogP contribution in [0.4, 0.5) is 5.69 Å². The van der Waals surface area contributed by atoms with Crippen molar-refractivity contribution in [1.82, 2.24) is 0 Å². The Hall–Kier alpha value is -3.02. The Labute approximate surface area is 176 Å². The summed E-state index contributed by atoms with van der Waals surface area (Å²) in [5.41, 5.74) is 8.84. The first kappa shape index (κ1) is 22.7. The second-order valence-electron chi connectivity index (χ2n) is 7.26. The zero-order chi connectivity index (χ0) is 22.8. The number of hydrogen-bond acceptors (Lipinski definition) is 9. The number of nitro groups is 1. The molecule has 31 heavy (non-hydrogen) atoms. The second-order valence-corrected chi connectivity index (χ2v) is 7.26. The number of Topliss-reactive ketones (excluding diaryl/α,β-unsaturated/α-hetero) is 1. The lowest BCUT2D eigenvalue weighted by molar-refractivity contribution is -0.384. The number of non-ortho nitro benzene ring substituents is 1. The standard InChI is InChI=1S/C19H21N3O9/c1-4-27-17(24)12(21-20)13(23)14-15(16-18(29-14)31-19(2,3)30-16)28-9-10-5-7-11(8-6-10)22(25)26/h5-8,14-16,18H,4,9H2,1-3H3/t14-,15+,16-,18-/m1/s1. The van der Waals surface area contributed by atoms with Crippen LogP contribution < -0.4 is 0 Å². The summed E-state index contributed by atoms with van der Waals surface area (Å²) in [5, 5.41) is 10.8. The summed E-state index contributed by atoms with van der Waals surface area (Å²) in [6, 6.07) is 5.67. The molecule has 2 aliphatic heterocycles. The topological polar surface area (TPSA) is 160 Å². The Morgan fingerprint density at radius 2 is 1.94 bits per heavy atom. The number of nitrogens with zero attached hydrogens (tertiary/aromatic N) is 3. The van der Waals surface area contributed by atoms with E-state index in [1.807, 2.05) is 0 Å². The smallest absolute Gasteiger partial charge is 0.444 e. The number of ether oxygens (including phenoxy) is 5. The molecule has 0 spiro atoms. The Kier molecular flexibility index (Phi) is 6.58. The molecule has 2 aliphatic rings. The molecule has 12 heteroatoms. The molecule has 1 aromatic rings. The number of carbonyl (C=O) groups is 2. The number of fused-ring (bicyclic) bond motifs is 1. The molecule has 0 N–H and O–H groups in total. The van der Waals surface area contributed by atoms with E-state index in [2.05, 4.69) is 4.79 Å². The number of rotatable bonds is 8. The number of hydrogen-bond donors (Lipinski definition) is 0. The molecule has 0 aliphatic carbocycles. The van der Waals surface area contributed by atoms with Crippen molar-refractivity contribution < 1.29 is 43.0 Å². The molecule has 1 aromatic carbocycles. The largest absolute Gasteiger partial charge is 0.457 e. The predicted molar refractivity (Wildman–Crippen MR) is 101 cm³/mol. The number of esters is 1. The van der Waals surface area contributed by atoms with Crippen LogP contribution in [0.2, 0.25) is 0 Å². The summed E-state index contributed by atoms with van der Waals surface area (Å²) in [5.74, 6) is -3.05. The highest BCUT2D eigenvalue weighted by atomic mass is 16.8. The van der Waals surface area contributed by atoms with E-state index in [4.69, 9.17) is 29.2 Å². The Morgan fingerprint density at radius 3 is 2.52 bits per heavy atom. The van der Waals surface area contributed by atoms with Gasteiger partial charge in [0.2, 0.25) is 0 Å². The van der Waals surface area contributed by atoms with Crippen LogP contribution in [0.1, 0.15) is 26.3 Å². The molecule has 166 valence electrons. The molecule has 0 saturated carbocycles. The highest BCUT2D eigenvalue weighted by Gasteiger charge is 2.59. The fourth-order valence-electron chi connectivity index (χ4n) is 3.30. The van der Waals surface area contributed by atoms with E-state index in [-0.39, 0.29) is 18.9 Å². The van der Waals surface area contributed by atoms with Gasteiger partial charge in [-0.05, 0) is 38.5 Å². The molecule has 0 unspecified atom stereocenters. The van der Waals surface area contributed by atoms with Gasteiger partial charge in [-0.3, -0.25) is 14.9 Å².